The molecule has 0 saturated carbocycles. The van der Waals surface area contributed by atoms with Gasteiger partial charge in [0, 0.05) is 67.6 Å². The standard InChI is InChI=1S/C50H32N6/c1-4-15-33(16-5-1)48-52-49(34-17-6-2-7-18-34)54-50(53-48)36-29-35(31-51-32-36)39-23-14-26-46-47(39)41-22-11-13-25-44(41)56(46)38-27-28-45-42(30-38)40-21-10-12-24-43(40)55(45)37-19-8-3-9-20-37/h1-32H. The van der Waals surface area contributed by atoms with Gasteiger partial charge in [-0.15, -0.1) is 0 Å². The minimum absolute atomic E-state index is 0.574. The van der Waals surface area contributed by atoms with Crippen LogP contribution in [0.3, 0.4) is 0 Å². The second-order valence-corrected chi connectivity index (χ2v) is 13.9. The van der Waals surface area contributed by atoms with Crippen LogP contribution in [0.1, 0.15) is 0 Å². The van der Waals surface area contributed by atoms with Gasteiger partial charge in [0.2, 0.25) is 0 Å². The molecule has 4 heterocycles. The summed E-state index contributed by atoms with van der Waals surface area (Å²) in [5.41, 5.74) is 11.6. The first-order chi connectivity index (χ1) is 27.8. The van der Waals surface area contributed by atoms with E-state index in [1.165, 1.54) is 32.6 Å². The molecular weight excluding hydrogens is 685 g/mol. The Morgan fingerprint density at radius 2 is 0.839 bits per heavy atom. The number of rotatable bonds is 6. The van der Waals surface area contributed by atoms with Gasteiger partial charge in [-0.2, -0.15) is 0 Å². The molecule has 0 bridgehead atoms. The molecule has 262 valence electrons. The summed E-state index contributed by atoms with van der Waals surface area (Å²) in [6.45, 7) is 0. The molecule has 0 saturated heterocycles. The lowest BCUT2D eigenvalue weighted by atomic mass is 9.99. The molecule has 0 atom stereocenters. The van der Waals surface area contributed by atoms with Gasteiger partial charge in [-0.1, -0.05) is 127 Å². The second-order valence-electron chi connectivity index (χ2n) is 13.9. The van der Waals surface area contributed by atoms with Crippen molar-refractivity contribution in [3.63, 3.8) is 0 Å². The number of aromatic nitrogens is 6. The summed E-state index contributed by atoms with van der Waals surface area (Å²) < 4.78 is 4.75. The maximum absolute atomic E-state index is 4.99. The third-order valence-electron chi connectivity index (χ3n) is 10.6. The minimum atomic E-state index is 0.574. The van der Waals surface area contributed by atoms with Crippen LogP contribution < -0.4 is 0 Å². The molecule has 0 N–H and O–H groups in total. The van der Waals surface area contributed by atoms with Crippen molar-refractivity contribution < 1.29 is 0 Å². The molecule has 6 heteroatoms. The van der Waals surface area contributed by atoms with E-state index in [0.717, 1.165) is 50.2 Å². The first-order valence-corrected chi connectivity index (χ1v) is 18.7. The Balaban J connectivity index is 1.09. The quantitative estimate of drug-likeness (QED) is 0.172. The minimum Gasteiger partial charge on any atom is -0.309 e. The highest BCUT2D eigenvalue weighted by molar-refractivity contribution is 6.16. The van der Waals surface area contributed by atoms with Gasteiger partial charge >= 0.3 is 0 Å². The van der Waals surface area contributed by atoms with Crippen LogP contribution in [-0.4, -0.2) is 29.1 Å². The van der Waals surface area contributed by atoms with E-state index >= 15 is 0 Å². The summed E-state index contributed by atoms with van der Waals surface area (Å²) in [5, 5.41) is 4.78. The first kappa shape index (κ1) is 31.8. The average Bonchev–Trinajstić information content (AvgIpc) is 3.80. The van der Waals surface area contributed by atoms with Crippen LogP contribution in [0.5, 0.6) is 0 Å². The Morgan fingerprint density at radius 1 is 0.321 bits per heavy atom. The van der Waals surface area contributed by atoms with Gasteiger partial charge in [0.1, 0.15) is 0 Å². The lowest BCUT2D eigenvalue weighted by Crippen LogP contribution is -2.00. The molecule has 11 rings (SSSR count). The highest BCUT2D eigenvalue weighted by atomic mass is 15.0. The Hall–Kier alpha value is -7.70. The SMILES string of the molecule is c1ccc(-c2nc(-c3ccccc3)nc(-c3cncc(-c4cccc5c4c4ccccc4n5-c4ccc5c(c4)c4ccccc4n5-c4ccccc4)c3)n2)cc1. The predicted octanol–water partition coefficient (Wildman–Crippen LogP) is 12.1. The zero-order valence-electron chi connectivity index (χ0n) is 30.2. The highest BCUT2D eigenvalue weighted by Crippen LogP contribution is 2.41. The smallest absolute Gasteiger partial charge is 0.165 e. The topological polar surface area (TPSA) is 61.4 Å². The Morgan fingerprint density at radius 3 is 1.54 bits per heavy atom. The lowest BCUT2D eigenvalue weighted by Gasteiger charge is -2.11. The van der Waals surface area contributed by atoms with Gasteiger partial charge in [0.15, 0.2) is 17.5 Å². The summed E-state index contributed by atoms with van der Waals surface area (Å²) >= 11 is 0. The number of hydrogen-bond donors (Lipinski definition) is 0. The van der Waals surface area contributed by atoms with Crippen molar-refractivity contribution in [3.8, 4) is 56.7 Å². The number of para-hydroxylation sites is 3. The van der Waals surface area contributed by atoms with Gasteiger partial charge in [-0.3, -0.25) is 4.98 Å². The van der Waals surface area contributed by atoms with Crippen LogP contribution in [-0.2, 0) is 0 Å². The molecule has 0 aliphatic heterocycles. The summed E-state index contributed by atoms with van der Waals surface area (Å²) in [6.07, 6.45) is 3.78. The first-order valence-electron chi connectivity index (χ1n) is 18.7. The molecule has 56 heavy (non-hydrogen) atoms. The Kier molecular flexibility index (Phi) is 7.38. The highest BCUT2D eigenvalue weighted by Gasteiger charge is 2.19. The van der Waals surface area contributed by atoms with E-state index in [2.05, 4.69) is 130 Å². The van der Waals surface area contributed by atoms with Crippen molar-refractivity contribution in [2.75, 3.05) is 0 Å². The number of nitrogens with zero attached hydrogens (tertiary/aromatic N) is 6. The van der Waals surface area contributed by atoms with Crippen molar-refractivity contribution in [1.82, 2.24) is 29.1 Å². The van der Waals surface area contributed by atoms with Crippen LogP contribution in [0.25, 0.3) is 100 Å². The van der Waals surface area contributed by atoms with Crippen molar-refractivity contribution in [1.29, 1.82) is 0 Å². The average molecular weight is 717 g/mol. The largest absolute Gasteiger partial charge is 0.309 e. The molecule has 4 aromatic heterocycles. The number of hydrogen-bond acceptors (Lipinski definition) is 4. The van der Waals surface area contributed by atoms with Gasteiger partial charge in [-0.05, 0) is 60.2 Å². The fourth-order valence-electron chi connectivity index (χ4n) is 8.14. The van der Waals surface area contributed by atoms with E-state index in [1.807, 2.05) is 73.1 Å². The number of benzene rings is 7. The predicted molar refractivity (Wildman–Crippen MR) is 228 cm³/mol. The van der Waals surface area contributed by atoms with Crippen molar-refractivity contribution in [2.45, 2.75) is 0 Å². The van der Waals surface area contributed by atoms with E-state index < -0.39 is 0 Å². The Labute approximate surface area is 322 Å². The van der Waals surface area contributed by atoms with Crippen molar-refractivity contribution in [3.05, 3.63) is 194 Å². The fraction of sp³-hybridized carbons (Fsp3) is 0. The van der Waals surface area contributed by atoms with Crippen LogP contribution in [0, 0.1) is 0 Å². The molecule has 7 aromatic carbocycles. The number of fused-ring (bicyclic) bond motifs is 6. The monoisotopic (exact) mass is 716 g/mol. The molecular formula is C50H32N6. The van der Waals surface area contributed by atoms with Crippen LogP contribution >= 0.6 is 0 Å². The van der Waals surface area contributed by atoms with Gasteiger partial charge < -0.3 is 9.13 Å². The normalized spacial score (nSPS) is 11.6. The molecule has 0 aliphatic carbocycles. The van der Waals surface area contributed by atoms with E-state index in [4.69, 9.17) is 19.9 Å². The van der Waals surface area contributed by atoms with Crippen molar-refractivity contribution >= 4 is 43.6 Å². The van der Waals surface area contributed by atoms with E-state index in [-0.39, 0.29) is 0 Å². The maximum Gasteiger partial charge on any atom is 0.165 e. The third-order valence-corrected chi connectivity index (χ3v) is 10.6. The van der Waals surface area contributed by atoms with E-state index in [1.54, 1.807) is 0 Å². The second kappa shape index (κ2) is 13.0. The van der Waals surface area contributed by atoms with Crippen molar-refractivity contribution in [2.24, 2.45) is 0 Å². The summed E-state index contributed by atoms with van der Waals surface area (Å²) in [7, 11) is 0. The molecule has 0 unspecified atom stereocenters. The van der Waals surface area contributed by atoms with Crippen LogP contribution in [0.15, 0.2) is 194 Å². The van der Waals surface area contributed by atoms with Gasteiger partial charge in [0.05, 0.1) is 22.1 Å². The summed E-state index contributed by atoms with van der Waals surface area (Å²) in [4.78, 5) is 19.6. The number of pyridine rings is 1. The fourth-order valence-corrected chi connectivity index (χ4v) is 8.14. The maximum atomic E-state index is 4.99. The molecule has 0 amide bonds. The zero-order valence-corrected chi connectivity index (χ0v) is 30.2. The zero-order chi connectivity index (χ0) is 37.0. The molecule has 0 fully saturated rings. The van der Waals surface area contributed by atoms with Gasteiger partial charge in [0.25, 0.3) is 0 Å². The van der Waals surface area contributed by atoms with E-state index in [9.17, 15) is 0 Å². The molecule has 0 radical (unpaired) electrons. The van der Waals surface area contributed by atoms with E-state index in [0.29, 0.717) is 17.5 Å². The molecule has 0 aliphatic rings. The molecule has 11 aromatic rings. The van der Waals surface area contributed by atoms with Crippen LogP contribution in [0.4, 0.5) is 0 Å². The summed E-state index contributed by atoms with van der Waals surface area (Å²) in [5.74, 6) is 1.81. The Bertz CT molecular complexity index is 3180. The molecule has 6 nitrogen and oxygen atoms in total. The molecule has 0 spiro atoms. The summed E-state index contributed by atoms with van der Waals surface area (Å²) in [6, 6.07) is 63.6. The third kappa shape index (κ3) is 5.19. The lowest BCUT2D eigenvalue weighted by molar-refractivity contribution is 1.07. The van der Waals surface area contributed by atoms with Gasteiger partial charge in [-0.25, -0.2) is 15.0 Å². The van der Waals surface area contributed by atoms with Crippen LogP contribution in [0.2, 0.25) is 0 Å².